The Morgan fingerprint density at radius 1 is 1.20 bits per heavy atom. The van der Waals surface area contributed by atoms with E-state index in [0.29, 0.717) is 0 Å². The van der Waals surface area contributed by atoms with Crippen LogP contribution in [0.15, 0.2) is 0 Å². The van der Waals surface area contributed by atoms with Crippen molar-refractivity contribution in [2.45, 2.75) is 40.2 Å². The Bertz CT molecular complexity index is 203. The van der Waals surface area contributed by atoms with E-state index >= 15 is 0 Å². The maximum Gasteiger partial charge on any atom is 0.314 e. The van der Waals surface area contributed by atoms with Crippen LogP contribution in [0.1, 0.15) is 34.6 Å². The van der Waals surface area contributed by atoms with E-state index in [0.717, 1.165) is 0 Å². The van der Waals surface area contributed by atoms with Crippen LogP contribution in [-0.4, -0.2) is 36.5 Å². The maximum absolute atomic E-state index is 11.7. The molecule has 0 aromatic heterocycles. The number of esters is 1. The lowest BCUT2D eigenvalue weighted by molar-refractivity contribution is -0.169. The number of hydrogen-bond donors (Lipinski definition) is 1. The number of aliphatic hydroxyl groups is 1. The highest BCUT2D eigenvalue weighted by molar-refractivity contribution is 5.76. The van der Waals surface area contributed by atoms with Crippen molar-refractivity contribution in [3.05, 3.63) is 0 Å². The van der Waals surface area contributed by atoms with Gasteiger partial charge in [0.05, 0.1) is 25.2 Å². The third kappa shape index (κ3) is 6.47. The van der Waals surface area contributed by atoms with Gasteiger partial charge in [0.15, 0.2) is 0 Å². The van der Waals surface area contributed by atoms with Gasteiger partial charge in [-0.05, 0) is 34.6 Å². The zero-order valence-electron chi connectivity index (χ0n) is 10.3. The maximum atomic E-state index is 11.7. The minimum atomic E-state index is -0.678. The number of ether oxygens (including phenoxy) is 2. The van der Waals surface area contributed by atoms with Gasteiger partial charge in [0, 0.05) is 0 Å². The second-order valence-corrected chi connectivity index (χ2v) is 5.16. The van der Waals surface area contributed by atoms with Gasteiger partial charge >= 0.3 is 5.97 Å². The van der Waals surface area contributed by atoms with Crippen molar-refractivity contribution < 1.29 is 19.4 Å². The van der Waals surface area contributed by atoms with E-state index in [2.05, 4.69) is 0 Å². The molecule has 0 rings (SSSR count). The average Bonchev–Trinajstić information content (AvgIpc) is 2.01. The zero-order chi connectivity index (χ0) is 12.1. The Morgan fingerprint density at radius 3 is 2.13 bits per heavy atom. The van der Waals surface area contributed by atoms with Crippen molar-refractivity contribution >= 4 is 5.97 Å². The van der Waals surface area contributed by atoms with Crippen LogP contribution in [0.5, 0.6) is 0 Å². The number of aliphatic hydroxyl groups excluding tert-OH is 1. The van der Waals surface area contributed by atoms with Gasteiger partial charge in [-0.15, -0.1) is 0 Å². The molecule has 0 aliphatic carbocycles. The lowest BCUT2D eigenvalue weighted by Gasteiger charge is -2.28. The van der Waals surface area contributed by atoms with Crippen LogP contribution in [0.3, 0.4) is 0 Å². The van der Waals surface area contributed by atoms with E-state index in [1.165, 1.54) is 0 Å². The van der Waals surface area contributed by atoms with Gasteiger partial charge < -0.3 is 14.6 Å². The molecule has 0 fully saturated rings. The van der Waals surface area contributed by atoms with Crippen LogP contribution in [0.25, 0.3) is 0 Å². The number of carbonyl (C=O) groups excluding carboxylic acids is 1. The topological polar surface area (TPSA) is 55.8 Å². The Morgan fingerprint density at radius 2 is 1.73 bits per heavy atom. The number of rotatable bonds is 5. The molecule has 1 N–H and O–H groups in total. The largest absolute Gasteiger partial charge is 0.459 e. The molecule has 0 saturated carbocycles. The predicted octanol–water partition coefficient (Wildman–Crippen LogP) is 1.36. The van der Waals surface area contributed by atoms with E-state index in [1.54, 1.807) is 13.8 Å². The lowest BCUT2D eigenvalue weighted by Crippen LogP contribution is -2.37. The molecule has 4 heteroatoms. The van der Waals surface area contributed by atoms with Crippen molar-refractivity contribution in [2.24, 2.45) is 5.41 Å². The normalized spacial score (nSPS) is 12.7. The summed E-state index contributed by atoms with van der Waals surface area (Å²) in [6.45, 7) is 9.47. The van der Waals surface area contributed by atoms with E-state index in [1.807, 2.05) is 20.8 Å². The molecule has 0 spiro atoms. The summed E-state index contributed by atoms with van der Waals surface area (Å²) in [5.41, 5.74) is -1.16. The molecular formula is C11H22O4. The van der Waals surface area contributed by atoms with Crippen molar-refractivity contribution in [1.82, 2.24) is 0 Å². The molecule has 0 radical (unpaired) electrons. The number of hydrogen-bond acceptors (Lipinski definition) is 4. The van der Waals surface area contributed by atoms with Gasteiger partial charge in [0.25, 0.3) is 0 Å². The van der Waals surface area contributed by atoms with Crippen LogP contribution in [0.2, 0.25) is 0 Å². The monoisotopic (exact) mass is 218 g/mol. The van der Waals surface area contributed by atoms with Crippen molar-refractivity contribution in [2.75, 3.05) is 19.8 Å². The summed E-state index contributed by atoms with van der Waals surface area (Å²) >= 11 is 0. The van der Waals surface area contributed by atoms with Gasteiger partial charge in [-0.1, -0.05) is 0 Å². The molecule has 15 heavy (non-hydrogen) atoms. The predicted molar refractivity (Wildman–Crippen MR) is 57.5 cm³/mol. The van der Waals surface area contributed by atoms with Gasteiger partial charge in [0.2, 0.25) is 0 Å². The molecule has 0 aromatic rings. The minimum Gasteiger partial charge on any atom is -0.459 e. The van der Waals surface area contributed by atoms with Gasteiger partial charge in [-0.25, -0.2) is 0 Å². The summed E-state index contributed by atoms with van der Waals surface area (Å²) in [6, 6.07) is 0. The quantitative estimate of drug-likeness (QED) is 0.559. The van der Waals surface area contributed by atoms with Crippen LogP contribution < -0.4 is 0 Å². The van der Waals surface area contributed by atoms with Crippen molar-refractivity contribution in [1.29, 1.82) is 0 Å². The Kier molecular flexibility index (Phi) is 5.24. The minimum absolute atomic E-state index is 0.0373. The second-order valence-electron chi connectivity index (χ2n) is 5.16. The van der Waals surface area contributed by atoms with Gasteiger partial charge in [0.1, 0.15) is 5.60 Å². The standard InChI is InChI=1S/C11H22O4/c1-10(2,3)15-9(13)11(4,5)8-14-7-6-12/h12H,6-8H2,1-5H3. The summed E-state index contributed by atoms with van der Waals surface area (Å²) in [7, 11) is 0. The molecule has 0 aliphatic rings. The van der Waals surface area contributed by atoms with Crippen LogP contribution in [0.4, 0.5) is 0 Å². The van der Waals surface area contributed by atoms with E-state index < -0.39 is 11.0 Å². The van der Waals surface area contributed by atoms with Gasteiger partial charge in [-0.2, -0.15) is 0 Å². The molecule has 0 heterocycles. The van der Waals surface area contributed by atoms with E-state index in [9.17, 15) is 4.79 Å². The van der Waals surface area contributed by atoms with Crippen molar-refractivity contribution in [3.63, 3.8) is 0 Å². The van der Waals surface area contributed by atoms with Crippen LogP contribution in [-0.2, 0) is 14.3 Å². The smallest absolute Gasteiger partial charge is 0.314 e. The third-order valence-corrected chi connectivity index (χ3v) is 1.65. The molecular weight excluding hydrogens is 196 g/mol. The molecule has 90 valence electrons. The molecule has 0 aromatic carbocycles. The highest BCUT2D eigenvalue weighted by Gasteiger charge is 2.32. The molecule has 0 bridgehead atoms. The summed E-state index contributed by atoms with van der Waals surface area (Å²) in [5.74, 6) is -0.284. The summed E-state index contributed by atoms with van der Waals surface area (Å²) < 4.78 is 10.4. The first-order chi connectivity index (χ1) is 6.69. The lowest BCUT2D eigenvalue weighted by atomic mass is 9.95. The first-order valence-corrected chi connectivity index (χ1v) is 5.11. The molecule has 0 saturated heterocycles. The second kappa shape index (κ2) is 5.47. The first kappa shape index (κ1) is 14.4. The Balaban J connectivity index is 4.14. The molecule has 4 nitrogen and oxygen atoms in total. The fraction of sp³-hybridized carbons (Fsp3) is 0.909. The molecule has 0 unspecified atom stereocenters. The SMILES string of the molecule is CC(C)(C)OC(=O)C(C)(C)COCCO. The van der Waals surface area contributed by atoms with E-state index in [4.69, 9.17) is 14.6 Å². The highest BCUT2D eigenvalue weighted by Crippen LogP contribution is 2.21. The number of carbonyl (C=O) groups is 1. The summed E-state index contributed by atoms with van der Waals surface area (Å²) in [4.78, 5) is 11.7. The summed E-state index contributed by atoms with van der Waals surface area (Å²) in [6.07, 6.45) is 0. The Labute approximate surface area is 91.6 Å². The van der Waals surface area contributed by atoms with Crippen LogP contribution in [0, 0.1) is 5.41 Å². The van der Waals surface area contributed by atoms with Gasteiger partial charge in [-0.3, -0.25) is 4.79 Å². The first-order valence-electron chi connectivity index (χ1n) is 5.11. The zero-order valence-corrected chi connectivity index (χ0v) is 10.3. The Hall–Kier alpha value is -0.610. The fourth-order valence-corrected chi connectivity index (χ4v) is 0.867. The van der Waals surface area contributed by atoms with Crippen molar-refractivity contribution in [3.8, 4) is 0 Å². The molecule has 0 atom stereocenters. The van der Waals surface area contributed by atoms with E-state index in [-0.39, 0.29) is 25.8 Å². The summed E-state index contributed by atoms with van der Waals surface area (Å²) in [5, 5.41) is 8.55. The highest BCUT2D eigenvalue weighted by atomic mass is 16.6. The average molecular weight is 218 g/mol. The fourth-order valence-electron chi connectivity index (χ4n) is 0.867. The van der Waals surface area contributed by atoms with Crippen LogP contribution >= 0.6 is 0 Å². The molecule has 0 aliphatic heterocycles. The third-order valence-electron chi connectivity index (χ3n) is 1.65. The molecule has 0 amide bonds.